The zero-order valence-corrected chi connectivity index (χ0v) is 21.3. The summed E-state index contributed by atoms with van der Waals surface area (Å²) in [6, 6.07) is 17.9. The Morgan fingerprint density at radius 2 is 1.51 bits per heavy atom. The van der Waals surface area contributed by atoms with Crippen LogP contribution in [0.4, 0.5) is 11.4 Å². The standard InChI is InChI=1S/C28H30N4O5/c1-5-36-24-15-21(16-29-32-28(35)27(34)30-22-12-7-6-9-18(22)2)13-14-23(24)37-17-25(33)31-26-19(3)10-8-11-20(26)4/h6-16H,5,17H2,1-4H3,(H,30,34)(H,31,33)(H,32,35)/b29-16-. The van der Waals surface area contributed by atoms with Gasteiger partial charge < -0.3 is 20.1 Å². The fourth-order valence-corrected chi connectivity index (χ4v) is 3.43. The van der Waals surface area contributed by atoms with Crippen molar-refractivity contribution in [3.8, 4) is 11.5 Å². The van der Waals surface area contributed by atoms with Gasteiger partial charge in [0.1, 0.15) is 0 Å². The smallest absolute Gasteiger partial charge is 0.329 e. The molecule has 9 nitrogen and oxygen atoms in total. The fraction of sp³-hybridized carbons (Fsp3) is 0.214. The van der Waals surface area contributed by atoms with Gasteiger partial charge in [0.05, 0.1) is 12.8 Å². The van der Waals surface area contributed by atoms with E-state index in [2.05, 4.69) is 21.2 Å². The molecule has 0 spiro atoms. The molecule has 3 rings (SSSR count). The number of benzene rings is 3. The quantitative estimate of drug-likeness (QED) is 0.231. The Labute approximate surface area is 215 Å². The summed E-state index contributed by atoms with van der Waals surface area (Å²) in [5.41, 5.74) is 6.87. The Balaban J connectivity index is 1.58. The maximum Gasteiger partial charge on any atom is 0.329 e. The Kier molecular flexibility index (Phi) is 9.37. The lowest BCUT2D eigenvalue weighted by Gasteiger charge is -2.14. The first-order valence-corrected chi connectivity index (χ1v) is 11.7. The van der Waals surface area contributed by atoms with Crippen molar-refractivity contribution in [2.75, 3.05) is 23.8 Å². The van der Waals surface area contributed by atoms with Crippen LogP contribution >= 0.6 is 0 Å². The third kappa shape index (κ3) is 7.66. The van der Waals surface area contributed by atoms with E-state index in [1.165, 1.54) is 6.21 Å². The molecule has 3 aromatic carbocycles. The van der Waals surface area contributed by atoms with Crippen LogP contribution in [0.2, 0.25) is 0 Å². The van der Waals surface area contributed by atoms with E-state index < -0.39 is 11.8 Å². The third-order valence-corrected chi connectivity index (χ3v) is 5.35. The Bertz CT molecular complexity index is 1300. The maximum absolute atomic E-state index is 12.4. The molecule has 0 saturated carbocycles. The predicted octanol–water partition coefficient (Wildman–Crippen LogP) is 4.12. The maximum atomic E-state index is 12.4. The molecule has 3 amide bonds. The van der Waals surface area contributed by atoms with Crippen molar-refractivity contribution in [1.29, 1.82) is 0 Å². The highest BCUT2D eigenvalue weighted by atomic mass is 16.5. The summed E-state index contributed by atoms with van der Waals surface area (Å²) < 4.78 is 11.3. The topological polar surface area (TPSA) is 118 Å². The van der Waals surface area contributed by atoms with Crippen molar-refractivity contribution in [3.05, 3.63) is 82.9 Å². The molecule has 37 heavy (non-hydrogen) atoms. The second kappa shape index (κ2) is 12.9. The number of para-hydroxylation sites is 2. The van der Waals surface area contributed by atoms with Crippen molar-refractivity contribution >= 4 is 35.3 Å². The normalized spacial score (nSPS) is 10.6. The zero-order chi connectivity index (χ0) is 26.8. The van der Waals surface area contributed by atoms with Gasteiger partial charge in [0, 0.05) is 11.4 Å². The minimum Gasteiger partial charge on any atom is -0.490 e. The van der Waals surface area contributed by atoms with E-state index >= 15 is 0 Å². The molecule has 0 fully saturated rings. The number of hydrogen-bond acceptors (Lipinski definition) is 6. The molecule has 9 heteroatoms. The molecular weight excluding hydrogens is 472 g/mol. The van der Waals surface area contributed by atoms with Gasteiger partial charge in [0.25, 0.3) is 5.91 Å². The monoisotopic (exact) mass is 502 g/mol. The van der Waals surface area contributed by atoms with Gasteiger partial charge in [0.2, 0.25) is 0 Å². The molecule has 0 aromatic heterocycles. The van der Waals surface area contributed by atoms with E-state index in [4.69, 9.17) is 9.47 Å². The number of ether oxygens (including phenoxy) is 2. The van der Waals surface area contributed by atoms with Gasteiger partial charge in [-0.15, -0.1) is 0 Å². The van der Waals surface area contributed by atoms with Crippen LogP contribution in [0, 0.1) is 20.8 Å². The number of hydrogen-bond donors (Lipinski definition) is 3. The highest BCUT2D eigenvalue weighted by molar-refractivity contribution is 6.39. The second-order valence-electron chi connectivity index (χ2n) is 8.21. The molecule has 0 bridgehead atoms. The number of nitrogens with one attached hydrogen (secondary N) is 3. The second-order valence-corrected chi connectivity index (χ2v) is 8.21. The van der Waals surface area contributed by atoms with Crippen molar-refractivity contribution in [2.24, 2.45) is 5.10 Å². The van der Waals surface area contributed by atoms with Gasteiger partial charge >= 0.3 is 11.8 Å². The molecule has 3 aromatic rings. The van der Waals surface area contributed by atoms with Crippen molar-refractivity contribution < 1.29 is 23.9 Å². The molecule has 0 saturated heterocycles. The van der Waals surface area contributed by atoms with Crippen molar-refractivity contribution in [1.82, 2.24) is 5.43 Å². The number of anilines is 2. The van der Waals surface area contributed by atoms with Crippen LogP contribution in [0.1, 0.15) is 29.2 Å². The van der Waals surface area contributed by atoms with Crippen LogP contribution in [0.25, 0.3) is 0 Å². The summed E-state index contributed by atoms with van der Waals surface area (Å²) in [5, 5.41) is 9.27. The number of carbonyl (C=O) groups excluding carboxylic acids is 3. The number of aryl methyl sites for hydroxylation is 3. The first-order chi connectivity index (χ1) is 17.8. The number of nitrogens with zero attached hydrogens (tertiary/aromatic N) is 1. The summed E-state index contributed by atoms with van der Waals surface area (Å²) >= 11 is 0. The zero-order valence-electron chi connectivity index (χ0n) is 21.3. The molecule has 0 atom stereocenters. The minimum atomic E-state index is -0.903. The molecule has 0 aliphatic heterocycles. The molecular formula is C28H30N4O5. The first kappa shape index (κ1) is 26.9. The highest BCUT2D eigenvalue weighted by Gasteiger charge is 2.14. The van der Waals surface area contributed by atoms with E-state index in [0.717, 1.165) is 22.4 Å². The molecule has 0 unspecified atom stereocenters. The first-order valence-electron chi connectivity index (χ1n) is 11.7. The SMILES string of the molecule is CCOc1cc(/C=N\NC(=O)C(=O)Nc2ccccc2C)ccc1OCC(=O)Nc1c(C)cccc1C. The highest BCUT2D eigenvalue weighted by Crippen LogP contribution is 2.28. The van der Waals surface area contributed by atoms with Crippen LogP contribution < -0.4 is 25.5 Å². The lowest BCUT2D eigenvalue weighted by molar-refractivity contribution is -0.136. The van der Waals surface area contributed by atoms with Gasteiger partial charge in [-0.1, -0.05) is 36.4 Å². The van der Waals surface area contributed by atoms with Crippen molar-refractivity contribution in [3.63, 3.8) is 0 Å². The Hall–Kier alpha value is -4.66. The van der Waals surface area contributed by atoms with Gasteiger partial charge in [-0.25, -0.2) is 5.43 Å². The van der Waals surface area contributed by atoms with Crippen LogP contribution in [0.15, 0.2) is 65.8 Å². The number of amides is 3. The summed E-state index contributed by atoms with van der Waals surface area (Å²) in [7, 11) is 0. The fourth-order valence-electron chi connectivity index (χ4n) is 3.43. The van der Waals surface area contributed by atoms with Crippen LogP contribution in [-0.4, -0.2) is 37.1 Å². The Morgan fingerprint density at radius 3 is 2.22 bits per heavy atom. The third-order valence-electron chi connectivity index (χ3n) is 5.35. The summed E-state index contributed by atoms with van der Waals surface area (Å²) in [6.07, 6.45) is 1.37. The lowest BCUT2D eigenvalue weighted by Crippen LogP contribution is -2.32. The molecule has 0 heterocycles. The van der Waals surface area contributed by atoms with Crippen LogP contribution in [0.3, 0.4) is 0 Å². The molecule has 3 N–H and O–H groups in total. The Morgan fingerprint density at radius 1 is 0.811 bits per heavy atom. The van der Waals surface area contributed by atoms with Gasteiger partial charge in [-0.3, -0.25) is 14.4 Å². The largest absolute Gasteiger partial charge is 0.490 e. The van der Waals surface area contributed by atoms with E-state index in [0.29, 0.717) is 29.4 Å². The van der Waals surface area contributed by atoms with Gasteiger partial charge in [-0.05, 0) is 74.2 Å². The van der Waals surface area contributed by atoms with Gasteiger partial charge in [0.15, 0.2) is 18.1 Å². The average molecular weight is 503 g/mol. The van der Waals surface area contributed by atoms with E-state index in [1.807, 2.05) is 58.0 Å². The summed E-state index contributed by atoms with van der Waals surface area (Å²) in [4.78, 5) is 36.6. The van der Waals surface area contributed by atoms with E-state index in [9.17, 15) is 14.4 Å². The molecule has 192 valence electrons. The molecule has 0 radical (unpaired) electrons. The van der Waals surface area contributed by atoms with Crippen LogP contribution in [-0.2, 0) is 14.4 Å². The minimum absolute atomic E-state index is 0.201. The average Bonchev–Trinajstić information content (AvgIpc) is 2.87. The van der Waals surface area contributed by atoms with E-state index in [1.54, 1.807) is 30.3 Å². The number of carbonyl (C=O) groups is 3. The lowest BCUT2D eigenvalue weighted by atomic mass is 10.1. The van der Waals surface area contributed by atoms with Crippen molar-refractivity contribution in [2.45, 2.75) is 27.7 Å². The summed E-state index contributed by atoms with van der Waals surface area (Å²) in [6.45, 7) is 7.68. The van der Waals surface area contributed by atoms with Crippen LogP contribution in [0.5, 0.6) is 11.5 Å². The number of rotatable bonds is 9. The number of hydrazone groups is 1. The molecule has 0 aliphatic rings. The van der Waals surface area contributed by atoms with Gasteiger partial charge in [-0.2, -0.15) is 5.10 Å². The predicted molar refractivity (Wildman–Crippen MR) is 143 cm³/mol. The van der Waals surface area contributed by atoms with E-state index in [-0.39, 0.29) is 12.5 Å². The molecule has 0 aliphatic carbocycles. The summed E-state index contributed by atoms with van der Waals surface area (Å²) in [5.74, 6) is -1.23.